The van der Waals surface area contributed by atoms with Crippen LogP contribution in [0.2, 0.25) is 5.22 Å². The fourth-order valence-corrected chi connectivity index (χ4v) is 3.13. The molecule has 0 aliphatic rings. The van der Waals surface area contributed by atoms with Gasteiger partial charge in [0.2, 0.25) is 0 Å². The van der Waals surface area contributed by atoms with Gasteiger partial charge in [-0.3, -0.25) is 0 Å². The molecule has 0 unspecified atom stereocenters. The summed E-state index contributed by atoms with van der Waals surface area (Å²) in [7, 11) is 0. The second-order valence-corrected chi connectivity index (χ2v) is 5.96. The Kier molecular flexibility index (Phi) is 3.02. The zero-order valence-corrected chi connectivity index (χ0v) is 12.4. The first-order chi connectivity index (χ1) is 10.3. The molecule has 4 aromatic heterocycles. The Morgan fingerprint density at radius 3 is 2.90 bits per heavy atom. The highest BCUT2D eigenvalue weighted by atomic mass is 35.5. The Labute approximate surface area is 129 Å². The molecular formula is C15H10ClN3OS. The smallest absolute Gasteiger partial charge is 0.194 e. The summed E-state index contributed by atoms with van der Waals surface area (Å²) in [5, 5.41) is 2.42. The average Bonchev–Trinajstić information content (AvgIpc) is 3.20. The number of imidazole rings is 1. The van der Waals surface area contributed by atoms with Gasteiger partial charge in [0.25, 0.3) is 0 Å². The van der Waals surface area contributed by atoms with Gasteiger partial charge in [0.15, 0.2) is 22.5 Å². The van der Waals surface area contributed by atoms with Crippen LogP contribution in [0.1, 0.15) is 4.88 Å². The van der Waals surface area contributed by atoms with Crippen LogP contribution in [0, 0.1) is 0 Å². The summed E-state index contributed by atoms with van der Waals surface area (Å²) in [4.78, 5) is 10.3. The molecule has 0 aliphatic carbocycles. The number of hydrogen-bond acceptors (Lipinski definition) is 4. The van der Waals surface area contributed by atoms with Crippen LogP contribution < -0.4 is 0 Å². The normalized spacial score (nSPS) is 11.3. The van der Waals surface area contributed by atoms with Gasteiger partial charge < -0.3 is 8.98 Å². The molecule has 0 amide bonds. The highest BCUT2D eigenvalue weighted by Crippen LogP contribution is 2.28. The van der Waals surface area contributed by atoms with Gasteiger partial charge in [0.05, 0.1) is 6.54 Å². The molecule has 0 bridgehead atoms. The van der Waals surface area contributed by atoms with Gasteiger partial charge in [0, 0.05) is 11.1 Å². The summed E-state index contributed by atoms with van der Waals surface area (Å²) in [6.07, 6.45) is 1.77. The molecule has 4 heterocycles. The molecule has 0 saturated heterocycles. The summed E-state index contributed by atoms with van der Waals surface area (Å²) in [5.41, 5.74) is 1.69. The number of aromatic nitrogens is 3. The molecule has 21 heavy (non-hydrogen) atoms. The minimum Gasteiger partial charge on any atom is -0.441 e. The molecule has 4 aromatic rings. The fourth-order valence-electron chi connectivity index (χ4n) is 2.29. The van der Waals surface area contributed by atoms with E-state index in [9.17, 15) is 0 Å². The van der Waals surface area contributed by atoms with E-state index in [-0.39, 0.29) is 0 Å². The third kappa shape index (κ3) is 2.24. The number of fused-ring (bicyclic) bond motifs is 1. The van der Waals surface area contributed by atoms with E-state index in [1.54, 1.807) is 23.6 Å². The van der Waals surface area contributed by atoms with Gasteiger partial charge >= 0.3 is 0 Å². The van der Waals surface area contributed by atoms with Crippen molar-refractivity contribution in [2.45, 2.75) is 6.54 Å². The number of hydrogen-bond donors (Lipinski definition) is 0. The van der Waals surface area contributed by atoms with Crippen LogP contribution in [0.3, 0.4) is 0 Å². The van der Waals surface area contributed by atoms with Gasteiger partial charge in [-0.1, -0.05) is 6.07 Å². The first-order valence-electron chi connectivity index (χ1n) is 6.40. The van der Waals surface area contributed by atoms with Crippen molar-refractivity contribution in [3.05, 3.63) is 58.1 Å². The van der Waals surface area contributed by atoms with Crippen molar-refractivity contribution in [3.8, 4) is 11.6 Å². The van der Waals surface area contributed by atoms with Crippen molar-refractivity contribution in [1.82, 2.24) is 14.5 Å². The molecule has 4 nitrogen and oxygen atoms in total. The van der Waals surface area contributed by atoms with Crippen LogP contribution in [0.15, 0.2) is 52.4 Å². The lowest BCUT2D eigenvalue weighted by atomic mass is 10.4. The monoisotopic (exact) mass is 315 g/mol. The lowest BCUT2D eigenvalue weighted by Crippen LogP contribution is -2.01. The first kappa shape index (κ1) is 12.6. The van der Waals surface area contributed by atoms with Crippen molar-refractivity contribution in [3.63, 3.8) is 0 Å². The summed E-state index contributed by atoms with van der Waals surface area (Å²) in [6, 6.07) is 11.5. The molecule has 0 saturated carbocycles. The van der Waals surface area contributed by atoms with E-state index in [0.717, 1.165) is 17.0 Å². The molecule has 0 aliphatic heterocycles. The molecule has 0 spiro atoms. The number of halogens is 1. The first-order valence-corrected chi connectivity index (χ1v) is 7.66. The summed E-state index contributed by atoms with van der Waals surface area (Å²) in [6.45, 7) is 0.707. The largest absolute Gasteiger partial charge is 0.441 e. The van der Waals surface area contributed by atoms with Crippen LogP contribution in [0.4, 0.5) is 0 Å². The Hall–Kier alpha value is -2.11. The van der Waals surface area contributed by atoms with Gasteiger partial charge in [0.1, 0.15) is 5.52 Å². The Bertz CT molecular complexity index is 895. The zero-order chi connectivity index (χ0) is 14.2. The number of furan rings is 1. The van der Waals surface area contributed by atoms with Crippen molar-refractivity contribution < 1.29 is 4.42 Å². The SMILES string of the molecule is Clc1ccc(-c2nc3cccnc3n2Cc2cccs2)o1. The molecule has 0 aromatic carbocycles. The maximum Gasteiger partial charge on any atom is 0.194 e. The van der Waals surface area contributed by atoms with E-state index in [1.807, 2.05) is 24.3 Å². The summed E-state index contributed by atoms with van der Waals surface area (Å²) < 4.78 is 7.57. The van der Waals surface area contributed by atoms with Gasteiger partial charge in [-0.25, -0.2) is 9.97 Å². The van der Waals surface area contributed by atoms with E-state index in [0.29, 0.717) is 17.5 Å². The Balaban J connectivity index is 1.92. The number of nitrogens with zero attached hydrogens (tertiary/aromatic N) is 3. The predicted octanol–water partition coefficient (Wildman–Crippen LogP) is 4.45. The minimum atomic E-state index is 0.354. The second kappa shape index (κ2) is 5.02. The molecule has 4 rings (SSSR count). The quantitative estimate of drug-likeness (QED) is 0.561. The lowest BCUT2D eigenvalue weighted by molar-refractivity contribution is 0.574. The lowest BCUT2D eigenvalue weighted by Gasteiger charge is -2.05. The highest BCUT2D eigenvalue weighted by Gasteiger charge is 2.16. The zero-order valence-electron chi connectivity index (χ0n) is 10.9. The molecule has 0 N–H and O–H groups in total. The maximum atomic E-state index is 5.89. The van der Waals surface area contributed by atoms with Gasteiger partial charge in [-0.2, -0.15) is 0 Å². The fraction of sp³-hybridized carbons (Fsp3) is 0.0667. The van der Waals surface area contributed by atoms with E-state index < -0.39 is 0 Å². The van der Waals surface area contributed by atoms with Gasteiger partial charge in [-0.15, -0.1) is 11.3 Å². The van der Waals surface area contributed by atoms with Crippen LogP contribution in [0.25, 0.3) is 22.7 Å². The van der Waals surface area contributed by atoms with Gasteiger partial charge in [-0.05, 0) is 47.3 Å². The topological polar surface area (TPSA) is 43.9 Å². The standard InChI is InChI=1S/C15H10ClN3OS/c16-13-6-5-12(20-13)15-18-11-4-1-7-17-14(11)19(15)9-10-3-2-8-21-10/h1-8H,9H2. The van der Waals surface area contributed by atoms with E-state index >= 15 is 0 Å². The minimum absolute atomic E-state index is 0.354. The average molecular weight is 316 g/mol. The molecule has 0 radical (unpaired) electrons. The third-order valence-electron chi connectivity index (χ3n) is 3.19. The molecule has 6 heteroatoms. The third-order valence-corrected chi connectivity index (χ3v) is 4.26. The summed E-state index contributed by atoms with van der Waals surface area (Å²) in [5.74, 6) is 1.39. The van der Waals surface area contributed by atoms with E-state index in [4.69, 9.17) is 16.0 Å². The van der Waals surface area contributed by atoms with Crippen LogP contribution in [-0.4, -0.2) is 14.5 Å². The number of rotatable bonds is 3. The van der Waals surface area contributed by atoms with E-state index in [2.05, 4.69) is 26.0 Å². The van der Waals surface area contributed by atoms with Crippen molar-refractivity contribution in [2.24, 2.45) is 0 Å². The van der Waals surface area contributed by atoms with Crippen LogP contribution in [0.5, 0.6) is 0 Å². The summed E-state index contributed by atoms with van der Waals surface area (Å²) >= 11 is 7.59. The van der Waals surface area contributed by atoms with Crippen molar-refractivity contribution >= 4 is 34.1 Å². The molecular weight excluding hydrogens is 306 g/mol. The molecule has 0 atom stereocenters. The number of thiophene rings is 1. The highest BCUT2D eigenvalue weighted by molar-refractivity contribution is 7.09. The predicted molar refractivity (Wildman–Crippen MR) is 83.7 cm³/mol. The number of pyridine rings is 1. The van der Waals surface area contributed by atoms with E-state index in [1.165, 1.54) is 4.88 Å². The van der Waals surface area contributed by atoms with Crippen LogP contribution >= 0.6 is 22.9 Å². The van der Waals surface area contributed by atoms with Crippen molar-refractivity contribution in [1.29, 1.82) is 0 Å². The molecule has 0 fully saturated rings. The maximum absolute atomic E-state index is 5.89. The second-order valence-electron chi connectivity index (χ2n) is 4.55. The van der Waals surface area contributed by atoms with Crippen molar-refractivity contribution in [2.75, 3.05) is 0 Å². The van der Waals surface area contributed by atoms with Crippen LogP contribution in [-0.2, 0) is 6.54 Å². The Morgan fingerprint density at radius 1 is 1.19 bits per heavy atom. The Morgan fingerprint density at radius 2 is 2.14 bits per heavy atom. The molecule has 104 valence electrons.